The van der Waals surface area contributed by atoms with Gasteiger partial charge in [0, 0.05) is 0 Å². The Labute approximate surface area is 149 Å². The minimum atomic E-state index is 0.935. The Kier molecular flexibility index (Phi) is 401. The fourth-order valence-electron chi connectivity index (χ4n) is 0.289. The van der Waals surface area contributed by atoms with E-state index in [9.17, 15) is 0 Å². The normalized spacial score (nSPS) is 5.64. The molecule has 0 saturated carbocycles. The molecule has 0 aliphatic rings. The second-order valence-corrected chi connectivity index (χ2v) is 3.34. The van der Waals surface area contributed by atoms with Crippen LogP contribution in [0.2, 0.25) is 0 Å². The first kappa shape index (κ1) is 49.5. The van der Waals surface area contributed by atoms with E-state index < -0.39 is 0 Å². The Balaban J connectivity index is -0.0000000180. The van der Waals surface area contributed by atoms with Crippen molar-refractivity contribution in [2.24, 2.45) is 5.92 Å². The molecule has 146 valence electrons. The zero-order valence-corrected chi connectivity index (χ0v) is 19.8. The summed E-state index contributed by atoms with van der Waals surface area (Å²) in [5.41, 5.74) is 0. The molecule has 0 aromatic rings. The lowest BCUT2D eigenvalue weighted by Gasteiger charge is -1.98. The van der Waals surface area contributed by atoms with E-state index in [1.54, 1.807) is 0 Å². The van der Waals surface area contributed by atoms with Gasteiger partial charge >= 0.3 is 0 Å². The summed E-state index contributed by atoms with van der Waals surface area (Å²) in [5, 5.41) is 0. The third-order valence-electron chi connectivity index (χ3n) is 1.39. The maximum absolute atomic E-state index is 3.00. The molecule has 0 atom stereocenters. The Morgan fingerprint density at radius 3 is 0.591 bits per heavy atom. The average molecular weight is 323 g/mol. The van der Waals surface area contributed by atoms with Crippen LogP contribution in [0.15, 0.2) is 13.2 Å². The molecule has 0 heteroatoms. The molecular weight excluding hydrogens is 264 g/mol. The highest BCUT2D eigenvalue weighted by Crippen LogP contribution is 2.02. The molecule has 0 bridgehead atoms. The van der Waals surface area contributed by atoms with Gasteiger partial charge in [-0.15, -0.1) is 13.2 Å². The molecule has 0 N–H and O–H groups in total. The van der Waals surface area contributed by atoms with Crippen LogP contribution in [0.5, 0.6) is 0 Å². The lowest BCUT2D eigenvalue weighted by Crippen LogP contribution is -1.85. The van der Waals surface area contributed by atoms with Gasteiger partial charge in [0.1, 0.15) is 0 Å². The minimum absolute atomic E-state index is 0.935. The summed E-state index contributed by atoms with van der Waals surface area (Å²) in [4.78, 5) is 0. The van der Waals surface area contributed by atoms with Crippen LogP contribution in [0.3, 0.4) is 0 Å². The maximum atomic E-state index is 3.00. The van der Waals surface area contributed by atoms with E-state index in [2.05, 4.69) is 61.6 Å². The van der Waals surface area contributed by atoms with Crippen molar-refractivity contribution in [1.82, 2.24) is 0 Å². The monoisotopic (exact) mass is 322 g/mol. The largest absolute Gasteiger partial charge is 0.106 e. The summed E-state index contributed by atoms with van der Waals surface area (Å²) in [6.07, 6.45) is 5.16. The van der Waals surface area contributed by atoms with E-state index in [-0.39, 0.29) is 0 Å². The molecule has 0 nitrogen and oxygen atoms in total. The van der Waals surface area contributed by atoms with Crippen molar-refractivity contribution in [2.45, 2.75) is 130 Å². The first-order valence-electron chi connectivity index (χ1n) is 10.1. The van der Waals surface area contributed by atoms with Gasteiger partial charge in [-0.1, -0.05) is 130 Å². The van der Waals surface area contributed by atoms with Crippen molar-refractivity contribution in [1.29, 1.82) is 0 Å². The Morgan fingerprint density at radius 2 is 0.591 bits per heavy atom. The standard InChI is InChI=1S/C6H14.2C3H8.4C2H6.C2H4/c1-4-6(3)5-2;2*1-3-2;5*1-2/h6H,4-5H2,1-3H3;2*3H2,1-2H3;4*1-2H3;1-2H2. The SMILES string of the molecule is C=C.CC.CC.CC.CC.CCC.CCC.CCC(C)CC. The zero-order valence-electron chi connectivity index (χ0n) is 19.8. The van der Waals surface area contributed by atoms with Crippen molar-refractivity contribution < 1.29 is 0 Å². The number of rotatable bonds is 2. The smallest absolute Gasteiger partial charge is 0.0448 e. The quantitative estimate of drug-likeness (QED) is 0.443. The van der Waals surface area contributed by atoms with E-state index in [1.165, 1.54) is 25.7 Å². The molecule has 0 saturated heterocycles. The van der Waals surface area contributed by atoms with Crippen LogP contribution in [-0.4, -0.2) is 0 Å². The van der Waals surface area contributed by atoms with Gasteiger partial charge in [-0.3, -0.25) is 0 Å². The Morgan fingerprint density at radius 1 is 0.500 bits per heavy atom. The molecule has 0 rings (SSSR count). The zero-order chi connectivity index (χ0) is 20.4. The van der Waals surface area contributed by atoms with Crippen LogP contribution in [-0.2, 0) is 0 Å². The summed E-state index contributed by atoms with van der Waals surface area (Å²) in [6.45, 7) is 37.2. The lowest BCUT2D eigenvalue weighted by molar-refractivity contribution is 0.544. The molecular formula is C22H58. The van der Waals surface area contributed by atoms with Crippen LogP contribution < -0.4 is 0 Å². The van der Waals surface area contributed by atoms with Crippen LogP contribution in [0.25, 0.3) is 0 Å². The van der Waals surface area contributed by atoms with Gasteiger partial charge in [0.15, 0.2) is 0 Å². The second-order valence-electron chi connectivity index (χ2n) is 3.34. The molecule has 0 aliphatic heterocycles. The molecule has 0 heterocycles. The van der Waals surface area contributed by atoms with Crippen LogP contribution in [0.1, 0.15) is 130 Å². The van der Waals surface area contributed by atoms with E-state index in [0.717, 1.165) is 5.92 Å². The van der Waals surface area contributed by atoms with E-state index in [4.69, 9.17) is 0 Å². The van der Waals surface area contributed by atoms with Gasteiger partial charge in [-0.25, -0.2) is 0 Å². The summed E-state index contributed by atoms with van der Waals surface area (Å²) in [6, 6.07) is 0. The summed E-state index contributed by atoms with van der Waals surface area (Å²) < 4.78 is 0. The molecule has 0 unspecified atom stereocenters. The average Bonchev–Trinajstić information content (AvgIpc) is 2.64. The van der Waals surface area contributed by atoms with Crippen molar-refractivity contribution in [3.05, 3.63) is 13.2 Å². The first-order valence-corrected chi connectivity index (χ1v) is 10.1. The molecule has 0 aliphatic carbocycles. The Hall–Kier alpha value is -0.260. The third kappa shape index (κ3) is 496. The highest BCUT2D eigenvalue weighted by molar-refractivity contribution is 4.41. The number of hydrogen-bond donors (Lipinski definition) is 0. The highest BCUT2D eigenvalue weighted by atomic mass is 13.9. The first-order chi connectivity index (χ1) is 10.6. The van der Waals surface area contributed by atoms with Gasteiger partial charge in [0.05, 0.1) is 0 Å². The molecule has 0 amide bonds. The fraction of sp³-hybridized carbons (Fsp3) is 0.909. The topological polar surface area (TPSA) is 0 Å². The minimum Gasteiger partial charge on any atom is -0.106 e. The van der Waals surface area contributed by atoms with Gasteiger partial charge in [0.25, 0.3) is 0 Å². The van der Waals surface area contributed by atoms with Gasteiger partial charge in [-0.05, 0) is 5.92 Å². The van der Waals surface area contributed by atoms with Crippen LogP contribution in [0.4, 0.5) is 0 Å². The van der Waals surface area contributed by atoms with Crippen LogP contribution >= 0.6 is 0 Å². The van der Waals surface area contributed by atoms with Gasteiger partial charge in [-0.2, -0.15) is 0 Å². The predicted octanol–water partition coefficient (Wildman–Crippen LogP) is 10.2. The van der Waals surface area contributed by atoms with Crippen LogP contribution in [0, 0.1) is 5.92 Å². The predicted molar refractivity (Wildman–Crippen MR) is 118 cm³/mol. The van der Waals surface area contributed by atoms with E-state index in [1.807, 2.05) is 55.4 Å². The maximum Gasteiger partial charge on any atom is -0.0448 e. The second kappa shape index (κ2) is 178. The number of hydrogen-bond acceptors (Lipinski definition) is 0. The third-order valence-corrected chi connectivity index (χ3v) is 1.39. The fourth-order valence-corrected chi connectivity index (χ4v) is 0.289. The summed E-state index contributed by atoms with van der Waals surface area (Å²) in [7, 11) is 0. The molecule has 0 spiro atoms. The van der Waals surface area contributed by atoms with Gasteiger partial charge in [0.2, 0.25) is 0 Å². The molecule has 0 fully saturated rings. The molecule has 22 heavy (non-hydrogen) atoms. The lowest BCUT2D eigenvalue weighted by atomic mass is 10.1. The van der Waals surface area contributed by atoms with E-state index >= 15 is 0 Å². The summed E-state index contributed by atoms with van der Waals surface area (Å²) >= 11 is 0. The highest BCUT2D eigenvalue weighted by Gasteiger charge is 1.88. The summed E-state index contributed by atoms with van der Waals surface area (Å²) in [5.74, 6) is 0.935. The van der Waals surface area contributed by atoms with Crippen molar-refractivity contribution >= 4 is 0 Å². The molecule has 0 aromatic heterocycles. The van der Waals surface area contributed by atoms with Crippen molar-refractivity contribution in [3.63, 3.8) is 0 Å². The van der Waals surface area contributed by atoms with Crippen molar-refractivity contribution in [2.75, 3.05) is 0 Å². The Bertz CT molecular complexity index is 42.0. The molecule has 0 radical (unpaired) electrons. The van der Waals surface area contributed by atoms with Crippen molar-refractivity contribution in [3.8, 4) is 0 Å². The van der Waals surface area contributed by atoms with Gasteiger partial charge < -0.3 is 0 Å². The molecule has 0 aromatic carbocycles. The van der Waals surface area contributed by atoms with E-state index in [0.29, 0.717) is 0 Å².